The fourth-order valence-electron chi connectivity index (χ4n) is 2.62. The van der Waals surface area contributed by atoms with Crippen molar-refractivity contribution < 1.29 is 9.18 Å². The van der Waals surface area contributed by atoms with E-state index >= 15 is 0 Å². The van der Waals surface area contributed by atoms with Crippen LogP contribution >= 0.6 is 11.8 Å². The lowest BCUT2D eigenvalue weighted by Crippen LogP contribution is -2.53. The third kappa shape index (κ3) is 4.97. The van der Waals surface area contributed by atoms with Gasteiger partial charge in [-0.2, -0.15) is 11.8 Å². The summed E-state index contributed by atoms with van der Waals surface area (Å²) in [6, 6.07) is 6.29. The molecular weight excluding hydrogens is 301 g/mol. The lowest BCUT2D eigenvalue weighted by molar-refractivity contribution is -0.134. The fourth-order valence-corrected chi connectivity index (χ4v) is 3.11. The first-order chi connectivity index (χ1) is 10.6. The highest BCUT2D eigenvalue weighted by atomic mass is 32.2. The molecule has 1 saturated heterocycles. The minimum atomic E-state index is -0.387. The number of rotatable bonds is 6. The van der Waals surface area contributed by atoms with Crippen LogP contribution in [0.25, 0.3) is 0 Å². The second kappa shape index (κ2) is 8.50. The summed E-state index contributed by atoms with van der Waals surface area (Å²) in [5.74, 6) is 0.762. The quantitative estimate of drug-likeness (QED) is 0.862. The van der Waals surface area contributed by atoms with Crippen LogP contribution in [0.4, 0.5) is 4.39 Å². The van der Waals surface area contributed by atoms with E-state index in [2.05, 4.69) is 4.90 Å². The van der Waals surface area contributed by atoms with Crippen LogP contribution in [0.5, 0.6) is 0 Å². The Morgan fingerprint density at radius 3 is 2.73 bits per heavy atom. The van der Waals surface area contributed by atoms with Gasteiger partial charge in [0.25, 0.3) is 0 Å². The number of hydrogen-bond acceptors (Lipinski definition) is 4. The van der Waals surface area contributed by atoms with Crippen LogP contribution < -0.4 is 5.73 Å². The van der Waals surface area contributed by atoms with Gasteiger partial charge >= 0.3 is 0 Å². The van der Waals surface area contributed by atoms with E-state index in [0.717, 1.165) is 37.4 Å². The zero-order valence-corrected chi connectivity index (χ0v) is 13.8. The molecule has 1 aromatic carbocycles. The van der Waals surface area contributed by atoms with Crippen molar-refractivity contribution in [1.29, 1.82) is 0 Å². The van der Waals surface area contributed by atoms with Gasteiger partial charge in [0, 0.05) is 32.7 Å². The monoisotopic (exact) mass is 325 g/mol. The highest BCUT2D eigenvalue weighted by molar-refractivity contribution is 7.98. The third-order valence-corrected chi connectivity index (χ3v) is 4.57. The molecule has 2 rings (SSSR count). The van der Waals surface area contributed by atoms with E-state index in [1.165, 1.54) is 6.07 Å². The number of amides is 1. The summed E-state index contributed by atoms with van der Waals surface area (Å²) >= 11 is 1.71. The second-order valence-corrected chi connectivity index (χ2v) is 6.60. The molecule has 1 amide bonds. The van der Waals surface area contributed by atoms with Crippen LogP contribution in [0.1, 0.15) is 12.0 Å². The number of hydrogen-bond donors (Lipinski definition) is 1. The van der Waals surface area contributed by atoms with Gasteiger partial charge in [-0.15, -0.1) is 0 Å². The summed E-state index contributed by atoms with van der Waals surface area (Å²) in [5, 5.41) is 0. The number of halogens is 1. The van der Waals surface area contributed by atoms with Gasteiger partial charge in [-0.1, -0.05) is 12.1 Å². The molecule has 22 heavy (non-hydrogen) atoms. The highest BCUT2D eigenvalue weighted by Crippen LogP contribution is 2.11. The first-order valence-corrected chi connectivity index (χ1v) is 8.99. The molecule has 2 N–H and O–H groups in total. The Kier molecular flexibility index (Phi) is 6.67. The lowest BCUT2D eigenvalue weighted by Gasteiger charge is -2.36. The van der Waals surface area contributed by atoms with Gasteiger partial charge < -0.3 is 10.6 Å². The van der Waals surface area contributed by atoms with Crippen LogP contribution in [0.3, 0.4) is 0 Å². The van der Waals surface area contributed by atoms with Crippen molar-refractivity contribution >= 4 is 17.7 Å². The largest absolute Gasteiger partial charge is 0.339 e. The molecule has 0 radical (unpaired) electrons. The van der Waals surface area contributed by atoms with Crippen LogP contribution in [-0.4, -0.2) is 59.9 Å². The molecule has 1 heterocycles. The van der Waals surface area contributed by atoms with Crippen molar-refractivity contribution in [3.63, 3.8) is 0 Å². The lowest BCUT2D eigenvalue weighted by atomic mass is 10.1. The average molecular weight is 325 g/mol. The normalized spacial score (nSPS) is 17.5. The SMILES string of the molecule is CSCCC(N)C(=O)N1CCN(Cc2cccc(F)c2)CC1. The van der Waals surface area contributed by atoms with E-state index in [9.17, 15) is 9.18 Å². The van der Waals surface area contributed by atoms with E-state index in [1.807, 2.05) is 17.2 Å². The Hall–Kier alpha value is -1.11. The molecular formula is C16H24FN3OS. The van der Waals surface area contributed by atoms with E-state index < -0.39 is 0 Å². The highest BCUT2D eigenvalue weighted by Gasteiger charge is 2.24. The van der Waals surface area contributed by atoms with E-state index in [1.54, 1.807) is 23.9 Å². The summed E-state index contributed by atoms with van der Waals surface area (Å²) < 4.78 is 13.2. The molecule has 1 unspecified atom stereocenters. The molecule has 6 heteroatoms. The van der Waals surface area contributed by atoms with Gasteiger partial charge in [0.05, 0.1) is 6.04 Å². The van der Waals surface area contributed by atoms with Crippen molar-refractivity contribution in [2.24, 2.45) is 5.73 Å². The third-order valence-electron chi connectivity index (χ3n) is 3.93. The Bertz CT molecular complexity index is 492. The van der Waals surface area contributed by atoms with Crippen LogP contribution in [0, 0.1) is 5.82 Å². The fraction of sp³-hybridized carbons (Fsp3) is 0.562. The summed E-state index contributed by atoms with van der Waals surface area (Å²) in [6.45, 7) is 3.72. The molecule has 1 aromatic rings. The average Bonchev–Trinajstić information content (AvgIpc) is 2.52. The molecule has 1 aliphatic rings. The topological polar surface area (TPSA) is 49.6 Å². The summed E-state index contributed by atoms with van der Waals surface area (Å²) in [5.41, 5.74) is 6.92. The molecule has 0 bridgehead atoms. The van der Waals surface area contributed by atoms with Crippen molar-refractivity contribution in [2.75, 3.05) is 38.2 Å². The first kappa shape index (κ1) is 17.2. The molecule has 122 valence electrons. The Morgan fingerprint density at radius 2 is 2.09 bits per heavy atom. The summed E-state index contributed by atoms with van der Waals surface area (Å²) in [6.07, 6.45) is 2.74. The smallest absolute Gasteiger partial charge is 0.239 e. The number of carbonyl (C=O) groups is 1. The van der Waals surface area contributed by atoms with Gasteiger partial charge in [-0.25, -0.2) is 4.39 Å². The Labute approximate surface area is 135 Å². The Balaban J connectivity index is 1.79. The molecule has 1 fully saturated rings. The van der Waals surface area contributed by atoms with Crippen LogP contribution in [0.15, 0.2) is 24.3 Å². The minimum Gasteiger partial charge on any atom is -0.339 e. The van der Waals surface area contributed by atoms with Crippen LogP contribution in [0.2, 0.25) is 0 Å². The first-order valence-electron chi connectivity index (χ1n) is 7.60. The van der Waals surface area contributed by atoms with E-state index in [4.69, 9.17) is 5.73 Å². The molecule has 0 saturated carbocycles. The molecule has 0 spiro atoms. The molecule has 0 aliphatic carbocycles. The van der Waals surface area contributed by atoms with Gasteiger partial charge in [-0.05, 0) is 36.1 Å². The number of benzene rings is 1. The van der Waals surface area contributed by atoms with Gasteiger partial charge in [0.15, 0.2) is 0 Å². The van der Waals surface area contributed by atoms with Gasteiger partial charge in [-0.3, -0.25) is 9.69 Å². The minimum absolute atomic E-state index is 0.0551. The van der Waals surface area contributed by atoms with Crippen molar-refractivity contribution in [2.45, 2.75) is 19.0 Å². The van der Waals surface area contributed by atoms with Gasteiger partial charge in [0.2, 0.25) is 5.91 Å². The van der Waals surface area contributed by atoms with Crippen LogP contribution in [-0.2, 0) is 11.3 Å². The van der Waals surface area contributed by atoms with E-state index in [-0.39, 0.29) is 17.8 Å². The predicted molar refractivity (Wildman–Crippen MR) is 89.2 cm³/mol. The van der Waals surface area contributed by atoms with Crippen molar-refractivity contribution in [3.8, 4) is 0 Å². The number of thioether (sulfide) groups is 1. The number of nitrogens with zero attached hydrogens (tertiary/aromatic N) is 2. The predicted octanol–water partition coefficient (Wildman–Crippen LogP) is 1.55. The second-order valence-electron chi connectivity index (χ2n) is 5.62. The maximum absolute atomic E-state index is 13.2. The molecule has 1 aliphatic heterocycles. The zero-order valence-electron chi connectivity index (χ0n) is 13.0. The standard InChI is InChI=1S/C16H24FN3OS/c1-22-10-5-15(18)16(21)20-8-6-19(7-9-20)12-13-3-2-4-14(17)11-13/h2-4,11,15H,5-10,12,18H2,1H3. The van der Waals surface area contributed by atoms with Crippen molar-refractivity contribution in [1.82, 2.24) is 9.80 Å². The van der Waals surface area contributed by atoms with E-state index in [0.29, 0.717) is 13.1 Å². The Morgan fingerprint density at radius 1 is 1.36 bits per heavy atom. The van der Waals surface area contributed by atoms with Gasteiger partial charge in [0.1, 0.15) is 5.82 Å². The summed E-state index contributed by atoms with van der Waals surface area (Å²) in [7, 11) is 0. The maximum atomic E-state index is 13.2. The number of carbonyl (C=O) groups excluding carboxylic acids is 1. The molecule has 4 nitrogen and oxygen atoms in total. The molecule has 0 aromatic heterocycles. The summed E-state index contributed by atoms with van der Waals surface area (Å²) in [4.78, 5) is 16.3. The number of piperazine rings is 1. The molecule has 1 atom stereocenters. The van der Waals surface area contributed by atoms with Crippen molar-refractivity contribution in [3.05, 3.63) is 35.6 Å². The zero-order chi connectivity index (χ0) is 15.9. The maximum Gasteiger partial charge on any atom is 0.239 e. The number of nitrogens with two attached hydrogens (primary N) is 1.